The summed E-state index contributed by atoms with van der Waals surface area (Å²) in [6, 6.07) is 5.60. The highest BCUT2D eigenvalue weighted by Gasteiger charge is 2.13. The molecule has 0 aliphatic carbocycles. The second-order valence-electron chi connectivity index (χ2n) is 2.71. The van der Waals surface area contributed by atoms with Crippen molar-refractivity contribution in [2.45, 2.75) is 6.42 Å². The Bertz CT molecular complexity index is 465. The Balaban J connectivity index is 3.15. The molecule has 0 aliphatic rings. The van der Waals surface area contributed by atoms with Crippen LogP contribution in [0.25, 0.3) is 0 Å². The summed E-state index contributed by atoms with van der Waals surface area (Å²) in [5, 5.41) is 18.8. The summed E-state index contributed by atoms with van der Waals surface area (Å²) >= 11 is 3.06. The van der Waals surface area contributed by atoms with E-state index >= 15 is 0 Å². The van der Waals surface area contributed by atoms with Gasteiger partial charge in [0.25, 0.3) is 5.69 Å². The zero-order valence-electron chi connectivity index (χ0n) is 7.44. The number of ketones is 1. The first-order valence-corrected chi connectivity index (χ1v) is 4.69. The number of hydrogen-bond acceptors (Lipinski definition) is 4. The molecule has 0 N–H and O–H groups in total. The lowest BCUT2D eigenvalue weighted by Gasteiger charge is -1.98. The SMILES string of the molecule is N#CCC(=O)c1cc(Br)cc([N+](=O)[O-])c1. The fourth-order valence-electron chi connectivity index (χ4n) is 1.01. The number of Topliss-reactive ketones (excluding diaryl/α,β-unsaturated/α-hetero) is 1. The number of hydrogen-bond donors (Lipinski definition) is 0. The lowest BCUT2D eigenvalue weighted by Crippen LogP contribution is -1.99. The quantitative estimate of drug-likeness (QED) is 0.479. The van der Waals surface area contributed by atoms with E-state index in [1.165, 1.54) is 12.1 Å². The Morgan fingerprint density at radius 3 is 2.73 bits per heavy atom. The van der Waals surface area contributed by atoms with E-state index in [0.717, 1.165) is 6.07 Å². The molecule has 1 aromatic rings. The van der Waals surface area contributed by atoms with Gasteiger partial charge < -0.3 is 0 Å². The zero-order chi connectivity index (χ0) is 11.4. The van der Waals surface area contributed by atoms with Crippen molar-refractivity contribution in [2.75, 3.05) is 0 Å². The molecule has 1 rings (SSSR count). The second kappa shape index (κ2) is 4.66. The molecule has 6 heteroatoms. The minimum Gasteiger partial charge on any atom is -0.293 e. The number of non-ortho nitro benzene ring substituents is 1. The Hall–Kier alpha value is -1.74. The van der Waals surface area contributed by atoms with Crippen LogP contribution in [0.3, 0.4) is 0 Å². The van der Waals surface area contributed by atoms with E-state index in [1.807, 2.05) is 0 Å². The summed E-state index contributed by atoms with van der Waals surface area (Å²) in [7, 11) is 0. The molecule has 5 nitrogen and oxygen atoms in total. The summed E-state index contributed by atoms with van der Waals surface area (Å²) in [6.07, 6.45) is -0.284. The van der Waals surface area contributed by atoms with Gasteiger partial charge in [-0.3, -0.25) is 14.9 Å². The molecule has 0 saturated carbocycles. The maximum atomic E-state index is 11.3. The lowest BCUT2D eigenvalue weighted by atomic mass is 10.1. The second-order valence-corrected chi connectivity index (χ2v) is 3.63. The molecular weight excluding hydrogens is 264 g/mol. The molecule has 0 amide bonds. The van der Waals surface area contributed by atoms with Gasteiger partial charge >= 0.3 is 0 Å². The van der Waals surface area contributed by atoms with Crippen LogP contribution in [-0.2, 0) is 0 Å². The van der Waals surface area contributed by atoms with Crippen LogP contribution in [0.5, 0.6) is 0 Å². The van der Waals surface area contributed by atoms with Crippen LogP contribution in [0.1, 0.15) is 16.8 Å². The van der Waals surface area contributed by atoms with E-state index in [4.69, 9.17) is 5.26 Å². The molecule has 0 heterocycles. The molecule has 0 saturated heterocycles. The van der Waals surface area contributed by atoms with E-state index in [1.54, 1.807) is 6.07 Å². The highest BCUT2D eigenvalue weighted by atomic mass is 79.9. The van der Waals surface area contributed by atoms with E-state index in [2.05, 4.69) is 15.9 Å². The van der Waals surface area contributed by atoms with Gasteiger partial charge in [0.15, 0.2) is 5.78 Å². The van der Waals surface area contributed by atoms with Gasteiger partial charge in [-0.25, -0.2) is 0 Å². The third-order valence-corrected chi connectivity index (χ3v) is 2.11. The molecule has 0 fully saturated rings. The molecule has 0 aromatic heterocycles. The smallest absolute Gasteiger partial charge is 0.271 e. The molecule has 0 unspecified atom stereocenters. The van der Waals surface area contributed by atoms with E-state index in [0.29, 0.717) is 4.47 Å². The maximum Gasteiger partial charge on any atom is 0.271 e. The highest BCUT2D eigenvalue weighted by molar-refractivity contribution is 9.10. The van der Waals surface area contributed by atoms with Crippen LogP contribution in [0.15, 0.2) is 22.7 Å². The van der Waals surface area contributed by atoms with Gasteiger partial charge in [0, 0.05) is 22.2 Å². The lowest BCUT2D eigenvalue weighted by molar-refractivity contribution is -0.384. The first-order chi connectivity index (χ1) is 7.04. The summed E-state index contributed by atoms with van der Waals surface area (Å²) in [5.41, 5.74) is -0.0108. The minimum atomic E-state index is -0.589. The highest BCUT2D eigenvalue weighted by Crippen LogP contribution is 2.22. The largest absolute Gasteiger partial charge is 0.293 e. The predicted octanol–water partition coefficient (Wildman–Crippen LogP) is 2.45. The van der Waals surface area contributed by atoms with Crippen molar-refractivity contribution >= 4 is 27.4 Å². The molecule has 0 atom stereocenters. The molecule has 15 heavy (non-hydrogen) atoms. The number of benzene rings is 1. The van der Waals surface area contributed by atoms with E-state index in [-0.39, 0.29) is 17.7 Å². The number of halogens is 1. The average Bonchev–Trinajstić information content (AvgIpc) is 2.17. The predicted molar refractivity (Wildman–Crippen MR) is 55.4 cm³/mol. The number of nitro groups is 1. The molecule has 76 valence electrons. The van der Waals surface area contributed by atoms with Crippen molar-refractivity contribution in [1.29, 1.82) is 5.26 Å². The third-order valence-electron chi connectivity index (χ3n) is 1.65. The Labute approximate surface area is 93.6 Å². The first kappa shape index (κ1) is 11.3. The van der Waals surface area contributed by atoms with Gasteiger partial charge in [0.05, 0.1) is 17.4 Å². The van der Waals surface area contributed by atoms with Gasteiger partial charge in [0.2, 0.25) is 0 Å². The van der Waals surface area contributed by atoms with Gasteiger partial charge in [-0.1, -0.05) is 15.9 Å². The standard InChI is InChI=1S/C9H5BrN2O3/c10-7-3-6(9(13)1-2-11)4-8(5-7)12(14)15/h3-5H,1H2. The fraction of sp³-hybridized carbons (Fsp3) is 0.111. The monoisotopic (exact) mass is 268 g/mol. The number of nitro benzene ring substituents is 1. The normalized spacial score (nSPS) is 9.33. The van der Waals surface area contributed by atoms with Crippen molar-refractivity contribution in [3.8, 4) is 6.07 Å². The van der Waals surface area contributed by atoms with Gasteiger partial charge in [-0.05, 0) is 6.07 Å². The topological polar surface area (TPSA) is 84.0 Å². The van der Waals surface area contributed by atoms with Crippen molar-refractivity contribution in [1.82, 2.24) is 0 Å². The summed E-state index contributed by atoms with van der Waals surface area (Å²) in [6.45, 7) is 0. The van der Waals surface area contributed by atoms with Gasteiger partial charge in [-0.15, -0.1) is 0 Å². The van der Waals surface area contributed by atoms with Crippen LogP contribution < -0.4 is 0 Å². The maximum absolute atomic E-state index is 11.3. The Morgan fingerprint density at radius 2 is 2.20 bits per heavy atom. The van der Waals surface area contributed by atoms with Crippen molar-refractivity contribution in [2.24, 2.45) is 0 Å². The summed E-state index contributed by atoms with van der Waals surface area (Å²) < 4.78 is 0.443. The number of rotatable bonds is 3. The minimum absolute atomic E-state index is 0.164. The summed E-state index contributed by atoms with van der Waals surface area (Å²) in [5.74, 6) is -0.429. The molecule has 0 spiro atoms. The number of carbonyl (C=O) groups is 1. The molecule has 1 aromatic carbocycles. The molecule has 0 bridgehead atoms. The van der Waals surface area contributed by atoms with E-state index in [9.17, 15) is 14.9 Å². The first-order valence-electron chi connectivity index (χ1n) is 3.89. The Morgan fingerprint density at radius 1 is 1.53 bits per heavy atom. The van der Waals surface area contributed by atoms with Gasteiger partial charge in [-0.2, -0.15) is 5.26 Å². The Kier molecular flexibility index (Phi) is 3.52. The van der Waals surface area contributed by atoms with Gasteiger partial charge in [0.1, 0.15) is 0 Å². The summed E-state index contributed by atoms with van der Waals surface area (Å²) in [4.78, 5) is 21.2. The zero-order valence-corrected chi connectivity index (χ0v) is 9.02. The van der Waals surface area contributed by atoms with Crippen molar-refractivity contribution < 1.29 is 9.72 Å². The van der Waals surface area contributed by atoms with E-state index < -0.39 is 10.7 Å². The average molecular weight is 269 g/mol. The van der Waals surface area contributed by atoms with Crippen LogP contribution in [0, 0.1) is 21.4 Å². The third kappa shape index (κ3) is 2.86. The van der Waals surface area contributed by atoms with Crippen LogP contribution >= 0.6 is 15.9 Å². The van der Waals surface area contributed by atoms with Crippen LogP contribution in [0.2, 0.25) is 0 Å². The van der Waals surface area contributed by atoms with Crippen LogP contribution in [0.4, 0.5) is 5.69 Å². The molecule has 0 aliphatic heterocycles. The van der Waals surface area contributed by atoms with Crippen molar-refractivity contribution in [3.63, 3.8) is 0 Å². The molecular formula is C9H5BrN2O3. The number of nitriles is 1. The van der Waals surface area contributed by atoms with Crippen molar-refractivity contribution in [3.05, 3.63) is 38.3 Å². The number of carbonyl (C=O) groups excluding carboxylic acids is 1. The molecule has 0 radical (unpaired) electrons. The fourth-order valence-corrected chi connectivity index (χ4v) is 1.50. The number of nitrogens with zero attached hydrogens (tertiary/aromatic N) is 2. The van der Waals surface area contributed by atoms with Crippen LogP contribution in [-0.4, -0.2) is 10.7 Å².